The predicted molar refractivity (Wildman–Crippen MR) is 97.2 cm³/mol. The topological polar surface area (TPSA) is 27.6 Å². The van der Waals surface area contributed by atoms with Crippen LogP contribution in [0.2, 0.25) is 5.02 Å². The lowest BCUT2D eigenvalue weighted by Crippen LogP contribution is -2.19. The third-order valence-electron chi connectivity index (χ3n) is 3.47. The van der Waals surface area contributed by atoms with E-state index >= 15 is 0 Å². The van der Waals surface area contributed by atoms with Gasteiger partial charge in [0.15, 0.2) is 0 Å². The number of hydrogen-bond donors (Lipinski definition) is 1. The second kappa shape index (κ2) is 7.97. The van der Waals surface area contributed by atoms with Crippen molar-refractivity contribution >= 4 is 28.7 Å². The van der Waals surface area contributed by atoms with Gasteiger partial charge in [-0.3, -0.25) is 5.01 Å². The minimum absolute atomic E-state index is 0.252. The normalized spacial score (nSPS) is 11.4. The molecule has 0 aliphatic rings. The summed E-state index contributed by atoms with van der Waals surface area (Å²) in [4.78, 5) is 0. The summed E-state index contributed by atoms with van der Waals surface area (Å²) >= 11 is 6.11. The van der Waals surface area contributed by atoms with Crippen LogP contribution in [0, 0.1) is 5.82 Å². The fraction of sp³-hybridized carbons (Fsp3) is 0.278. The van der Waals surface area contributed by atoms with Gasteiger partial charge < -0.3 is 5.32 Å². The van der Waals surface area contributed by atoms with Crippen LogP contribution >= 0.6 is 11.6 Å². The van der Waals surface area contributed by atoms with E-state index < -0.39 is 0 Å². The zero-order chi connectivity index (χ0) is 16.8. The minimum Gasteiger partial charge on any atom is -0.388 e. The summed E-state index contributed by atoms with van der Waals surface area (Å²) in [7, 11) is 1.86. The molecule has 0 aromatic heterocycles. The van der Waals surface area contributed by atoms with E-state index in [0.717, 1.165) is 35.6 Å². The third-order valence-corrected chi connectivity index (χ3v) is 3.71. The van der Waals surface area contributed by atoms with Gasteiger partial charge in [0.2, 0.25) is 0 Å². The van der Waals surface area contributed by atoms with E-state index in [9.17, 15) is 4.39 Å². The number of nitrogens with one attached hydrogen (secondary N) is 1. The Bertz CT molecular complexity index is 683. The average molecular weight is 334 g/mol. The van der Waals surface area contributed by atoms with Crippen LogP contribution in [-0.2, 0) is 0 Å². The van der Waals surface area contributed by atoms with Crippen molar-refractivity contribution in [3.8, 4) is 0 Å². The fourth-order valence-electron chi connectivity index (χ4n) is 2.33. The highest BCUT2D eigenvalue weighted by atomic mass is 35.5. The van der Waals surface area contributed by atoms with Gasteiger partial charge >= 0.3 is 0 Å². The van der Waals surface area contributed by atoms with Gasteiger partial charge in [-0.15, -0.1) is 0 Å². The van der Waals surface area contributed by atoms with Crippen molar-refractivity contribution in [2.24, 2.45) is 5.10 Å². The summed E-state index contributed by atoms with van der Waals surface area (Å²) in [6, 6.07) is 12.0. The first-order chi connectivity index (χ1) is 11.0. The Morgan fingerprint density at radius 1 is 1.22 bits per heavy atom. The maximum Gasteiger partial charge on any atom is 0.123 e. The first-order valence-corrected chi connectivity index (χ1v) is 7.99. The van der Waals surface area contributed by atoms with Crippen molar-refractivity contribution in [1.82, 2.24) is 0 Å². The van der Waals surface area contributed by atoms with Crippen LogP contribution in [0.4, 0.5) is 15.8 Å². The van der Waals surface area contributed by atoms with E-state index in [4.69, 9.17) is 16.7 Å². The molecule has 5 heteroatoms. The first-order valence-electron chi connectivity index (χ1n) is 7.61. The van der Waals surface area contributed by atoms with Crippen LogP contribution in [0.5, 0.6) is 0 Å². The second-order valence-electron chi connectivity index (χ2n) is 5.22. The third kappa shape index (κ3) is 4.45. The Kier molecular flexibility index (Phi) is 5.99. The lowest BCUT2D eigenvalue weighted by atomic mass is 10.1. The smallest absolute Gasteiger partial charge is 0.123 e. The summed E-state index contributed by atoms with van der Waals surface area (Å²) in [5, 5.41) is 10.4. The van der Waals surface area contributed by atoms with Crippen molar-refractivity contribution in [1.29, 1.82) is 0 Å². The highest BCUT2D eigenvalue weighted by molar-refractivity contribution is 6.31. The van der Waals surface area contributed by atoms with E-state index in [-0.39, 0.29) is 5.82 Å². The number of hydrazone groups is 1. The lowest BCUT2D eigenvalue weighted by Gasteiger charge is -2.20. The summed E-state index contributed by atoms with van der Waals surface area (Å²) in [6.07, 6.45) is 0.933. The van der Waals surface area contributed by atoms with Crippen molar-refractivity contribution in [2.45, 2.75) is 20.3 Å². The molecule has 23 heavy (non-hydrogen) atoms. The maximum atomic E-state index is 13.1. The number of benzene rings is 2. The summed E-state index contributed by atoms with van der Waals surface area (Å²) in [5.74, 6) is -0.252. The van der Waals surface area contributed by atoms with Gasteiger partial charge in [-0.25, -0.2) is 4.39 Å². The Hall–Kier alpha value is -2.07. The Morgan fingerprint density at radius 2 is 1.91 bits per heavy atom. The number of nitrogens with zero attached hydrogens (tertiary/aromatic N) is 2. The summed E-state index contributed by atoms with van der Waals surface area (Å²) in [5.41, 5.74) is 3.62. The average Bonchev–Trinajstić information content (AvgIpc) is 2.55. The fourth-order valence-corrected chi connectivity index (χ4v) is 2.50. The van der Waals surface area contributed by atoms with E-state index in [1.54, 1.807) is 12.1 Å². The molecular weight excluding hydrogens is 313 g/mol. The molecule has 0 fully saturated rings. The molecule has 0 spiro atoms. The highest BCUT2D eigenvalue weighted by Crippen LogP contribution is 2.23. The van der Waals surface area contributed by atoms with Crippen LogP contribution < -0.4 is 10.3 Å². The minimum atomic E-state index is -0.252. The molecule has 0 saturated carbocycles. The summed E-state index contributed by atoms with van der Waals surface area (Å²) < 4.78 is 13.1. The zero-order valence-corrected chi connectivity index (χ0v) is 14.4. The second-order valence-corrected chi connectivity index (χ2v) is 5.66. The predicted octanol–water partition coefficient (Wildman–Crippen LogP) is 5.16. The van der Waals surface area contributed by atoms with Crippen LogP contribution in [0.3, 0.4) is 0 Å². The van der Waals surface area contributed by atoms with Crippen molar-refractivity contribution in [3.05, 3.63) is 58.9 Å². The molecule has 0 aliphatic carbocycles. The first kappa shape index (κ1) is 17.3. The van der Waals surface area contributed by atoms with Gasteiger partial charge in [0, 0.05) is 29.9 Å². The standard InChI is InChI=1S/C18H21ClFN3/c1-4-11-23(16-8-6-15(20)7-9-16)22-13(2)17-12-14(19)5-10-18(17)21-3/h5-10,12,21H,4,11H2,1-3H3/b22-13+. The van der Waals surface area contributed by atoms with Gasteiger partial charge in [0.1, 0.15) is 5.82 Å². The van der Waals surface area contributed by atoms with Crippen LogP contribution in [0.1, 0.15) is 25.8 Å². The van der Waals surface area contributed by atoms with Gasteiger partial charge in [-0.1, -0.05) is 18.5 Å². The SMILES string of the molecule is CCCN(/N=C(\C)c1cc(Cl)ccc1NC)c1ccc(F)cc1. The molecule has 0 bridgehead atoms. The monoisotopic (exact) mass is 333 g/mol. The molecule has 2 aromatic rings. The van der Waals surface area contributed by atoms with Crippen molar-refractivity contribution < 1.29 is 4.39 Å². The Morgan fingerprint density at radius 3 is 2.52 bits per heavy atom. The van der Waals surface area contributed by atoms with Gasteiger partial charge in [-0.05, 0) is 55.8 Å². The molecule has 0 heterocycles. The molecule has 0 aliphatic heterocycles. The Balaban J connectivity index is 2.38. The van der Waals surface area contributed by atoms with Crippen molar-refractivity contribution in [3.63, 3.8) is 0 Å². The van der Waals surface area contributed by atoms with E-state index in [1.807, 2.05) is 37.2 Å². The number of hydrogen-bond acceptors (Lipinski definition) is 3. The molecule has 0 radical (unpaired) electrons. The van der Waals surface area contributed by atoms with Gasteiger partial charge in [0.05, 0.1) is 11.4 Å². The number of anilines is 2. The van der Waals surface area contributed by atoms with Gasteiger partial charge in [-0.2, -0.15) is 5.10 Å². The van der Waals surface area contributed by atoms with Crippen molar-refractivity contribution in [2.75, 3.05) is 23.9 Å². The molecule has 0 saturated heterocycles. The molecule has 1 N–H and O–H groups in total. The molecule has 0 unspecified atom stereocenters. The van der Waals surface area contributed by atoms with Crippen LogP contribution in [-0.4, -0.2) is 19.3 Å². The number of halogens is 2. The molecule has 122 valence electrons. The van der Waals surface area contributed by atoms with E-state index in [1.165, 1.54) is 12.1 Å². The quantitative estimate of drug-likeness (QED) is 0.584. The van der Waals surface area contributed by atoms with E-state index in [0.29, 0.717) is 5.02 Å². The maximum absolute atomic E-state index is 13.1. The largest absolute Gasteiger partial charge is 0.388 e. The van der Waals surface area contributed by atoms with Crippen LogP contribution in [0.15, 0.2) is 47.6 Å². The van der Waals surface area contributed by atoms with Gasteiger partial charge in [0.25, 0.3) is 0 Å². The molecule has 2 rings (SSSR count). The zero-order valence-electron chi connectivity index (χ0n) is 13.6. The number of rotatable bonds is 6. The van der Waals surface area contributed by atoms with Crippen LogP contribution in [0.25, 0.3) is 0 Å². The Labute approximate surface area is 141 Å². The molecule has 0 amide bonds. The summed E-state index contributed by atoms with van der Waals surface area (Å²) in [6.45, 7) is 4.77. The molecular formula is C18H21ClFN3. The molecule has 2 aromatic carbocycles. The molecule has 3 nitrogen and oxygen atoms in total. The molecule has 0 atom stereocenters. The van der Waals surface area contributed by atoms with E-state index in [2.05, 4.69) is 12.2 Å². The highest BCUT2D eigenvalue weighted by Gasteiger charge is 2.09. The lowest BCUT2D eigenvalue weighted by molar-refractivity contribution is 0.627.